The van der Waals surface area contributed by atoms with Crippen molar-refractivity contribution in [3.8, 4) is 0 Å². The minimum Gasteiger partial charge on any atom is -0.341 e. The molecule has 36 heavy (non-hydrogen) atoms. The number of carbonyl (C=O) groups excluding carboxylic acids is 2. The van der Waals surface area contributed by atoms with Gasteiger partial charge in [0.25, 0.3) is 5.91 Å². The van der Waals surface area contributed by atoms with E-state index in [1.165, 1.54) is 11.1 Å². The van der Waals surface area contributed by atoms with Gasteiger partial charge >= 0.3 is 0 Å². The number of nitrogens with zero attached hydrogens (tertiary/aromatic N) is 6. The Morgan fingerprint density at radius 3 is 2.56 bits per heavy atom. The van der Waals surface area contributed by atoms with E-state index < -0.39 is 0 Å². The SMILES string of the molecule is Cc1ccccc1CC(C1CCN(C(=O)c2cn3ccccc3n2)CC1)N(C)C(=O)Cn1cccn1. The molecule has 0 bridgehead atoms. The Morgan fingerprint density at radius 2 is 1.83 bits per heavy atom. The highest BCUT2D eigenvalue weighted by molar-refractivity contribution is 5.93. The van der Waals surface area contributed by atoms with Crippen LogP contribution in [0.2, 0.25) is 0 Å². The molecule has 0 saturated carbocycles. The zero-order chi connectivity index (χ0) is 25.1. The molecule has 1 atom stereocenters. The highest BCUT2D eigenvalue weighted by Crippen LogP contribution is 2.28. The summed E-state index contributed by atoms with van der Waals surface area (Å²) in [5.74, 6) is 0.303. The summed E-state index contributed by atoms with van der Waals surface area (Å²) in [7, 11) is 1.91. The van der Waals surface area contributed by atoms with Gasteiger partial charge in [-0.1, -0.05) is 30.3 Å². The van der Waals surface area contributed by atoms with Crippen molar-refractivity contribution in [3.63, 3.8) is 0 Å². The maximum Gasteiger partial charge on any atom is 0.274 e. The number of aromatic nitrogens is 4. The number of imidazole rings is 1. The van der Waals surface area contributed by atoms with E-state index in [-0.39, 0.29) is 24.4 Å². The van der Waals surface area contributed by atoms with Crippen LogP contribution in [0.15, 0.2) is 73.3 Å². The Kier molecular flexibility index (Phi) is 6.84. The molecule has 186 valence electrons. The first-order valence-electron chi connectivity index (χ1n) is 12.5. The fourth-order valence-corrected chi connectivity index (χ4v) is 5.20. The largest absolute Gasteiger partial charge is 0.341 e. The first-order valence-corrected chi connectivity index (χ1v) is 12.5. The molecule has 1 aliphatic rings. The molecule has 0 spiro atoms. The first kappa shape index (κ1) is 23.8. The van der Waals surface area contributed by atoms with Crippen molar-refractivity contribution >= 4 is 17.5 Å². The third-order valence-electron chi connectivity index (χ3n) is 7.39. The zero-order valence-electron chi connectivity index (χ0n) is 20.8. The van der Waals surface area contributed by atoms with Crippen LogP contribution >= 0.6 is 0 Å². The average molecular weight is 485 g/mol. The summed E-state index contributed by atoms with van der Waals surface area (Å²) < 4.78 is 3.54. The van der Waals surface area contributed by atoms with Gasteiger partial charge in [-0.05, 0) is 61.4 Å². The second-order valence-corrected chi connectivity index (χ2v) is 9.63. The number of hydrogen-bond donors (Lipinski definition) is 0. The molecule has 0 aliphatic carbocycles. The molecule has 1 aliphatic heterocycles. The number of carbonyl (C=O) groups is 2. The molecule has 4 heterocycles. The van der Waals surface area contributed by atoms with Crippen molar-refractivity contribution in [2.75, 3.05) is 20.1 Å². The molecule has 1 unspecified atom stereocenters. The number of hydrogen-bond acceptors (Lipinski definition) is 4. The van der Waals surface area contributed by atoms with Crippen LogP contribution in [0.4, 0.5) is 0 Å². The Balaban J connectivity index is 1.30. The molecular formula is C28H32N6O2. The van der Waals surface area contributed by atoms with E-state index in [0.29, 0.717) is 24.7 Å². The lowest BCUT2D eigenvalue weighted by atomic mass is 9.84. The van der Waals surface area contributed by atoms with Crippen LogP contribution in [-0.4, -0.2) is 67.0 Å². The molecule has 1 saturated heterocycles. The summed E-state index contributed by atoms with van der Waals surface area (Å²) in [5, 5.41) is 4.20. The van der Waals surface area contributed by atoms with Crippen molar-refractivity contribution in [1.29, 1.82) is 0 Å². The number of rotatable bonds is 7. The fourth-order valence-electron chi connectivity index (χ4n) is 5.20. The van der Waals surface area contributed by atoms with Crippen LogP contribution in [0.1, 0.15) is 34.5 Å². The number of piperidine rings is 1. The third kappa shape index (κ3) is 5.03. The number of aryl methyl sites for hydroxylation is 1. The summed E-state index contributed by atoms with van der Waals surface area (Å²) in [6.45, 7) is 3.65. The van der Waals surface area contributed by atoms with E-state index >= 15 is 0 Å². The van der Waals surface area contributed by atoms with E-state index in [0.717, 1.165) is 24.9 Å². The van der Waals surface area contributed by atoms with Crippen LogP contribution in [-0.2, 0) is 17.8 Å². The Morgan fingerprint density at radius 1 is 1.06 bits per heavy atom. The maximum atomic E-state index is 13.2. The van der Waals surface area contributed by atoms with Crippen LogP contribution in [0, 0.1) is 12.8 Å². The standard InChI is InChI=1S/C28H32N6O2/c1-21-8-3-4-9-23(21)18-25(31(2)27(35)20-34-15-7-13-29-34)22-11-16-32(17-12-22)28(36)24-19-33-14-6-5-10-26(33)30-24/h3-10,13-15,19,22,25H,11-12,16-18,20H2,1-2H3. The molecule has 1 aromatic carbocycles. The van der Waals surface area contributed by atoms with Gasteiger partial charge < -0.3 is 14.2 Å². The quantitative estimate of drug-likeness (QED) is 0.403. The summed E-state index contributed by atoms with van der Waals surface area (Å²) in [5.41, 5.74) is 3.73. The number of amides is 2. The van der Waals surface area contributed by atoms with Crippen LogP contribution in [0.3, 0.4) is 0 Å². The molecule has 8 heteroatoms. The number of likely N-dealkylation sites (N-methyl/N-ethyl adjacent to an activating group) is 1. The minimum absolute atomic E-state index is 0.0317. The summed E-state index contributed by atoms with van der Waals surface area (Å²) in [4.78, 5) is 34.7. The molecular weight excluding hydrogens is 452 g/mol. The van der Waals surface area contributed by atoms with Gasteiger partial charge in [0.05, 0.1) is 0 Å². The molecule has 8 nitrogen and oxygen atoms in total. The highest BCUT2D eigenvalue weighted by Gasteiger charge is 2.33. The predicted molar refractivity (Wildman–Crippen MR) is 137 cm³/mol. The van der Waals surface area contributed by atoms with Crippen molar-refractivity contribution in [2.45, 2.75) is 38.8 Å². The average Bonchev–Trinajstić information content (AvgIpc) is 3.57. The van der Waals surface area contributed by atoms with Gasteiger partial charge in [0.2, 0.25) is 5.91 Å². The molecule has 2 amide bonds. The first-order chi connectivity index (χ1) is 17.5. The van der Waals surface area contributed by atoms with E-state index in [1.54, 1.807) is 17.1 Å². The summed E-state index contributed by atoms with van der Waals surface area (Å²) >= 11 is 0. The third-order valence-corrected chi connectivity index (χ3v) is 7.39. The van der Waals surface area contributed by atoms with Crippen molar-refractivity contribution in [3.05, 3.63) is 90.1 Å². The molecule has 5 rings (SSSR count). The molecule has 0 N–H and O–H groups in total. The fraction of sp³-hybridized carbons (Fsp3) is 0.357. The van der Waals surface area contributed by atoms with Gasteiger partial charge in [-0.3, -0.25) is 14.3 Å². The lowest BCUT2D eigenvalue weighted by Crippen LogP contribution is -2.49. The highest BCUT2D eigenvalue weighted by atomic mass is 16.2. The number of pyridine rings is 1. The second-order valence-electron chi connectivity index (χ2n) is 9.63. The maximum absolute atomic E-state index is 13.2. The Hall–Kier alpha value is -3.94. The van der Waals surface area contributed by atoms with Crippen LogP contribution < -0.4 is 0 Å². The molecule has 0 radical (unpaired) electrons. The van der Waals surface area contributed by atoms with Gasteiger partial charge in [-0.2, -0.15) is 5.10 Å². The van der Waals surface area contributed by atoms with E-state index in [9.17, 15) is 9.59 Å². The van der Waals surface area contributed by atoms with E-state index in [4.69, 9.17) is 0 Å². The zero-order valence-corrected chi connectivity index (χ0v) is 20.8. The minimum atomic E-state index is -0.0317. The van der Waals surface area contributed by atoms with Crippen LogP contribution in [0.5, 0.6) is 0 Å². The van der Waals surface area contributed by atoms with Gasteiger partial charge in [-0.25, -0.2) is 4.98 Å². The van der Waals surface area contributed by atoms with E-state index in [1.807, 2.05) is 64.0 Å². The van der Waals surface area contributed by atoms with Crippen molar-refractivity contribution < 1.29 is 9.59 Å². The number of likely N-dealkylation sites (tertiary alicyclic amines) is 1. The van der Waals surface area contributed by atoms with E-state index in [2.05, 4.69) is 35.2 Å². The number of fused-ring (bicyclic) bond motifs is 1. The van der Waals surface area contributed by atoms with Gasteiger partial charge in [0.1, 0.15) is 17.9 Å². The predicted octanol–water partition coefficient (Wildman–Crippen LogP) is 3.46. The monoisotopic (exact) mass is 484 g/mol. The van der Waals surface area contributed by atoms with Crippen molar-refractivity contribution in [2.24, 2.45) is 5.92 Å². The number of benzene rings is 1. The summed E-state index contributed by atoms with van der Waals surface area (Å²) in [6, 6.07) is 16.0. The molecule has 4 aromatic rings. The molecule has 1 fully saturated rings. The summed E-state index contributed by atoms with van der Waals surface area (Å²) in [6.07, 6.45) is 9.67. The lowest BCUT2D eigenvalue weighted by molar-refractivity contribution is -0.134. The topological polar surface area (TPSA) is 75.7 Å². The molecule has 3 aromatic heterocycles. The second kappa shape index (κ2) is 10.4. The lowest BCUT2D eigenvalue weighted by Gasteiger charge is -2.40. The van der Waals surface area contributed by atoms with Gasteiger partial charge in [0, 0.05) is 51.0 Å². The smallest absolute Gasteiger partial charge is 0.274 e. The Labute approximate surface area is 211 Å². The van der Waals surface area contributed by atoms with Gasteiger partial charge in [0.15, 0.2) is 0 Å². The normalized spacial score (nSPS) is 15.2. The van der Waals surface area contributed by atoms with Crippen LogP contribution in [0.25, 0.3) is 5.65 Å². The Bertz CT molecular complexity index is 1300. The van der Waals surface area contributed by atoms with Crippen molar-refractivity contribution in [1.82, 2.24) is 29.0 Å². The van der Waals surface area contributed by atoms with Gasteiger partial charge in [-0.15, -0.1) is 0 Å².